The maximum absolute atomic E-state index is 11.9. The van der Waals surface area contributed by atoms with Crippen molar-refractivity contribution in [2.75, 3.05) is 20.2 Å². The van der Waals surface area contributed by atoms with Crippen LogP contribution in [-0.2, 0) is 10.0 Å². The fraction of sp³-hybridized carbons (Fsp3) is 0.375. The summed E-state index contributed by atoms with van der Waals surface area (Å²) in [6.07, 6.45) is 1.12. The summed E-state index contributed by atoms with van der Waals surface area (Å²) >= 11 is 11.3. The molecular weight excluding hydrogens is 275 g/mol. The minimum absolute atomic E-state index is 0.00256. The molecule has 1 N–H and O–H groups in total. The third kappa shape index (κ3) is 2.83. The molecule has 1 aromatic rings. The molecule has 1 rings (SSSR count). The first kappa shape index (κ1) is 13.7. The minimum Gasteiger partial charge on any atom is -0.395 e. The second kappa shape index (κ2) is 5.29. The van der Waals surface area contributed by atoms with Crippen LogP contribution < -0.4 is 0 Å². The summed E-state index contributed by atoms with van der Waals surface area (Å²) in [5.41, 5.74) is 0. The number of pyridine rings is 1. The van der Waals surface area contributed by atoms with E-state index in [1.807, 2.05) is 0 Å². The van der Waals surface area contributed by atoms with Crippen molar-refractivity contribution in [1.29, 1.82) is 0 Å². The fourth-order valence-electron chi connectivity index (χ4n) is 0.986. The number of sulfonamides is 1. The molecule has 16 heavy (non-hydrogen) atoms. The van der Waals surface area contributed by atoms with Gasteiger partial charge in [0.1, 0.15) is 10.0 Å². The van der Waals surface area contributed by atoms with E-state index in [0.717, 1.165) is 10.5 Å². The third-order valence-corrected chi connectivity index (χ3v) is 4.40. The van der Waals surface area contributed by atoms with Crippen molar-refractivity contribution in [2.24, 2.45) is 0 Å². The molecule has 0 saturated heterocycles. The van der Waals surface area contributed by atoms with Gasteiger partial charge in [0.15, 0.2) is 0 Å². The van der Waals surface area contributed by atoms with E-state index in [1.165, 1.54) is 13.1 Å². The van der Waals surface area contributed by atoms with Crippen molar-refractivity contribution < 1.29 is 13.5 Å². The fourth-order valence-corrected chi connectivity index (χ4v) is 2.45. The highest BCUT2D eigenvalue weighted by Crippen LogP contribution is 2.23. The van der Waals surface area contributed by atoms with Crippen molar-refractivity contribution in [3.63, 3.8) is 0 Å². The zero-order valence-corrected chi connectivity index (χ0v) is 10.7. The predicted octanol–water partition coefficient (Wildman–Crippen LogP) is 1.00. The van der Waals surface area contributed by atoms with E-state index < -0.39 is 10.0 Å². The molecule has 0 aromatic carbocycles. The van der Waals surface area contributed by atoms with E-state index in [-0.39, 0.29) is 28.2 Å². The van der Waals surface area contributed by atoms with Gasteiger partial charge in [-0.1, -0.05) is 23.2 Å². The molecule has 0 spiro atoms. The van der Waals surface area contributed by atoms with Crippen LogP contribution in [0.15, 0.2) is 17.2 Å². The second-order valence-corrected chi connectivity index (χ2v) is 5.80. The molecule has 0 aliphatic heterocycles. The van der Waals surface area contributed by atoms with Gasteiger partial charge >= 0.3 is 0 Å². The van der Waals surface area contributed by atoms with Gasteiger partial charge in [0.2, 0.25) is 10.0 Å². The Morgan fingerprint density at radius 3 is 2.62 bits per heavy atom. The molecule has 90 valence electrons. The summed E-state index contributed by atoms with van der Waals surface area (Å²) in [5, 5.41) is 8.79. The average molecular weight is 285 g/mol. The Kier molecular flexibility index (Phi) is 4.52. The molecule has 0 unspecified atom stereocenters. The summed E-state index contributed by atoms with van der Waals surface area (Å²) < 4.78 is 24.7. The molecule has 0 aliphatic rings. The van der Waals surface area contributed by atoms with E-state index in [9.17, 15) is 8.42 Å². The van der Waals surface area contributed by atoms with Gasteiger partial charge in [0.25, 0.3) is 0 Å². The third-order valence-electron chi connectivity index (χ3n) is 1.89. The molecule has 5 nitrogen and oxygen atoms in total. The first-order valence-corrected chi connectivity index (χ1v) is 6.47. The summed E-state index contributed by atoms with van der Waals surface area (Å²) in [7, 11) is -2.32. The van der Waals surface area contributed by atoms with Gasteiger partial charge in [0.05, 0.1) is 11.6 Å². The van der Waals surface area contributed by atoms with Crippen LogP contribution in [0.3, 0.4) is 0 Å². The number of aromatic nitrogens is 1. The Bertz CT molecular complexity index is 478. The van der Waals surface area contributed by atoms with Gasteiger partial charge in [0, 0.05) is 19.8 Å². The molecule has 0 fully saturated rings. The summed E-state index contributed by atoms with van der Waals surface area (Å²) in [4.78, 5) is 3.60. The Morgan fingerprint density at radius 1 is 1.50 bits per heavy atom. The van der Waals surface area contributed by atoms with E-state index in [2.05, 4.69) is 4.98 Å². The number of likely N-dealkylation sites (N-methyl/N-ethyl adjacent to an activating group) is 1. The maximum atomic E-state index is 11.9. The molecule has 0 saturated carbocycles. The van der Waals surface area contributed by atoms with Crippen molar-refractivity contribution in [1.82, 2.24) is 9.29 Å². The van der Waals surface area contributed by atoms with Crippen LogP contribution in [0, 0.1) is 0 Å². The normalized spacial score (nSPS) is 12.1. The first-order chi connectivity index (χ1) is 7.39. The van der Waals surface area contributed by atoms with Crippen LogP contribution in [-0.4, -0.2) is 43.0 Å². The number of aliphatic hydroxyl groups excluding tert-OH is 1. The van der Waals surface area contributed by atoms with Gasteiger partial charge in [-0.25, -0.2) is 13.4 Å². The van der Waals surface area contributed by atoms with E-state index in [0.29, 0.717) is 0 Å². The summed E-state index contributed by atoms with van der Waals surface area (Å²) in [6, 6.07) is 1.22. The molecule has 8 heteroatoms. The Hall–Kier alpha value is -0.400. The molecule has 0 radical (unpaired) electrons. The number of halogens is 2. The van der Waals surface area contributed by atoms with Crippen LogP contribution >= 0.6 is 23.2 Å². The predicted molar refractivity (Wildman–Crippen MR) is 61.2 cm³/mol. The van der Waals surface area contributed by atoms with Gasteiger partial charge in [-0.2, -0.15) is 4.31 Å². The number of hydrogen-bond donors (Lipinski definition) is 1. The number of hydrogen-bond acceptors (Lipinski definition) is 4. The molecule has 0 amide bonds. The Morgan fingerprint density at radius 2 is 2.12 bits per heavy atom. The highest BCUT2D eigenvalue weighted by molar-refractivity contribution is 7.89. The van der Waals surface area contributed by atoms with Gasteiger partial charge in [-0.15, -0.1) is 0 Å². The highest BCUT2D eigenvalue weighted by atomic mass is 35.5. The topological polar surface area (TPSA) is 70.5 Å². The highest BCUT2D eigenvalue weighted by Gasteiger charge is 2.21. The largest absolute Gasteiger partial charge is 0.395 e. The molecule has 1 heterocycles. The summed E-state index contributed by atoms with van der Waals surface area (Å²) in [5.74, 6) is 0. The van der Waals surface area contributed by atoms with Crippen molar-refractivity contribution >= 4 is 33.2 Å². The molecule has 1 aromatic heterocycles. The van der Waals surface area contributed by atoms with Gasteiger partial charge < -0.3 is 5.11 Å². The lowest BCUT2D eigenvalue weighted by Gasteiger charge is -2.15. The first-order valence-electron chi connectivity index (χ1n) is 4.28. The zero-order chi connectivity index (χ0) is 12.3. The second-order valence-electron chi connectivity index (χ2n) is 2.99. The molecule has 0 atom stereocenters. The lowest BCUT2D eigenvalue weighted by Crippen LogP contribution is -2.29. The molecule has 0 bridgehead atoms. The van der Waals surface area contributed by atoms with Crippen LogP contribution in [0.25, 0.3) is 0 Å². The lowest BCUT2D eigenvalue weighted by molar-refractivity contribution is 0.266. The summed E-state index contributed by atoms with van der Waals surface area (Å²) in [6.45, 7) is -0.257. The van der Waals surface area contributed by atoms with Crippen LogP contribution in [0.1, 0.15) is 0 Å². The maximum Gasteiger partial charge on any atom is 0.244 e. The smallest absolute Gasteiger partial charge is 0.244 e. The Balaban J connectivity index is 3.12. The number of rotatable bonds is 4. The van der Waals surface area contributed by atoms with Crippen molar-refractivity contribution in [2.45, 2.75) is 4.90 Å². The van der Waals surface area contributed by atoms with Crippen molar-refractivity contribution in [3.05, 3.63) is 22.4 Å². The monoisotopic (exact) mass is 284 g/mol. The molecule has 0 aliphatic carbocycles. The standard InChI is InChI=1S/C8H10Cl2N2O3S/c1-12(2-3-13)16(14,15)6-4-7(9)8(10)11-5-6/h4-5,13H,2-3H2,1H3. The quantitative estimate of drug-likeness (QED) is 0.838. The minimum atomic E-state index is -3.67. The zero-order valence-electron chi connectivity index (χ0n) is 8.39. The number of aliphatic hydroxyl groups is 1. The number of nitrogens with zero attached hydrogens (tertiary/aromatic N) is 2. The SMILES string of the molecule is CN(CCO)S(=O)(=O)c1cnc(Cl)c(Cl)c1. The van der Waals surface area contributed by atoms with Gasteiger partial charge in [-0.3, -0.25) is 0 Å². The van der Waals surface area contributed by atoms with E-state index in [4.69, 9.17) is 28.3 Å². The van der Waals surface area contributed by atoms with E-state index in [1.54, 1.807) is 0 Å². The molecular formula is C8H10Cl2N2O3S. The van der Waals surface area contributed by atoms with Crippen molar-refractivity contribution in [3.8, 4) is 0 Å². The van der Waals surface area contributed by atoms with E-state index >= 15 is 0 Å². The van der Waals surface area contributed by atoms with Crippen LogP contribution in [0.2, 0.25) is 10.2 Å². The van der Waals surface area contributed by atoms with Crippen LogP contribution in [0.4, 0.5) is 0 Å². The van der Waals surface area contributed by atoms with Gasteiger partial charge in [-0.05, 0) is 6.07 Å². The van der Waals surface area contributed by atoms with Crippen LogP contribution in [0.5, 0.6) is 0 Å². The Labute approximate surface area is 104 Å². The average Bonchev–Trinajstić information content (AvgIpc) is 2.22. The lowest BCUT2D eigenvalue weighted by atomic mass is 10.5.